The van der Waals surface area contributed by atoms with E-state index >= 15 is 0 Å². The SMILES string of the molecule is C=CC(O)c1ccc2cccc(OCC3CC3)c2n1. The standard InChI is InChI=1S/C16H17NO2/c1-2-14(18)13-9-8-12-4-3-5-15(16(12)17-13)19-10-11-6-7-11/h2-5,8-9,11,14,18H,1,6-7,10H2. The molecule has 1 aromatic heterocycles. The van der Waals surface area contributed by atoms with Gasteiger partial charge in [0.25, 0.3) is 0 Å². The van der Waals surface area contributed by atoms with Crippen LogP contribution in [0.15, 0.2) is 43.0 Å². The van der Waals surface area contributed by atoms with Crippen molar-refractivity contribution in [1.29, 1.82) is 0 Å². The van der Waals surface area contributed by atoms with E-state index in [2.05, 4.69) is 11.6 Å². The highest BCUT2D eigenvalue weighted by molar-refractivity contribution is 5.84. The van der Waals surface area contributed by atoms with Crippen LogP contribution in [0.4, 0.5) is 0 Å². The van der Waals surface area contributed by atoms with Gasteiger partial charge in [0.1, 0.15) is 17.4 Å². The Morgan fingerprint density at radius 2 is 2.21 bits per heavy atom. The Bertz CT molecular complexity index is 605. The van der Waals surface area contributed by atoms with Gasteiger partial charge in [-0.2, -0.15) is 0 Å². The summed E-state index contributed by atoms with van der Waals surface area (Å²) in [5.41, 5.74) is 1.41. The monoisotopic (exact) mass is 255 g/mol. The first-order valence-corrected chi connectivity index (χ1v) is 6.61. The first kappa shape index (κ1) is 12.2. The number of para-hydroxylation sites is 1. The number of pyridine rings is 1. The molecule has 1 fully saturated rings. The van der Waals surface area contributed by atoms with E-state index in [9.17, 15) is 5.11 Å². The zero-order chi connectivity index (χ0) is 13.2. The second kappa shape index (κ2) is 5.02. The van der Waals surface area contributed by atoms with E-state index in [0.29, 0.717) is 11.6 Å². The molecule has 3 rings (SSSR count). The normalized spacial score (nSPS) is 16.3. The third-order valence-corrected chi connectivity index (χ3v) is 3.40. The van der Waals surface area contributed by atoms with E-state index in [0.717, 1.165) is 23.3 Å². The van der Waals surface area contributed by atoms with Crippen molar-refractivity contribution in [3.8, 4) is 5.75 Å². The highest BCUT2D eigenvalue weighted by atomic mass is 16.5. The minimum Gasteiger partial charge on any atom is -0.491 e. The average molecular weight is 255 g/mol. The van der Waals surface area contributed by atoms with Crippen LogP contribution >= 0.6 is 0 Å². The Hall–Kier alpha value is -1.87. The van der Waals surface area contributed by atoms with Gasteiger partial charge in [-0.1, -0.05) is 24.3 Å². The van der Waals surface area contributed by atoms with Crippen molar-refractivity contribution in [2.75, 3.05) is 6.61 Å². The van der Waals surface area contributed by atoms with Crippen molar-refractivity contribution in [2.24, 2.45) is 5.92 Å². The van der Waals surface area contributed by atoms with Crippen LogP contribution in [-0.2, 0) is 0 Å². The van der Waals surface area contributed by atoms with Gasteiger partial charge in [-0.3, -0.25) is 0 Å². The van der Waals surface area contributed by atoms with E-state index in [1.165, 1.54) is 18.9 Å². The molecule has 1 aromatic carbocycles. The number of fused-ring (bicyclic) bond motifs is 1. The lowest BCUT2D eigenvalue weighted by molar-refractivity contribution is 0.224. The number of aromatic nitrogens is 1. The summed E-state index contributed by atoms with van der Waals surface area (Å²) in [6.07, 6.45) is 3.26. The molecular weight excluding hydrogens is 238 g/mol. The van der Waals surface area contributed by atoms with Gasteiger partial charge in [0.2, 0.25) is 0 Å². The van der Waals surface area contributed by atoms with Gasteiger partial charge in [0.15, 0.2) is 0 Å². The molecular formula is C16H17NO2. The summed E-state index contributed by atoms with van der Waals surface area (Å²) in [6.45, 7) is 4.34. The number of aliphatic hydroxyl groups is 1. The molecule has 19 heavy (non-hydrogen) atoms. The number of ether oxygens (including phenoxy) is 1. The maximum absolute atomic E-state index is 9.79. The highest BCUT2D eigenvalue weighted by Gasteiger charge is 2.22. The lowest BCUT2D eigenvalue weighted by Gasteiger charge is -2.10. The number of aliphatic hydroxyl groups excluding tert-OH is 1. The Morgan fingerprint density at radius 1 is 1.37 bits per heavy atom. The molecule has 3 heteroatoms. The summed E-state index contributed by atoms with van der Waals surface area (Å²) in [7, 11) is 0. The Morgan fingerprint density at radius 3 is 2.95 bits per heavy atom. The second-order valence-electron chi connectivity index (χ2n) is 5.00. The van der Waals surface area contributed by atoms with Gasteiger partial charge in [0, 0.05) is 5.39 Å². The second-order valence-corrected chi connectivity index (χ2v) is 5.00. The van der Waals surface area contributed by atoms with Gasteiger partial charge in [-0.15, -0.1) is 6.58 Å². The molecule has 0 aliphatic heterocycles. The molecule has 1 atom stereocenters. The van der Waals surface area contributed by atoms with Crippen molar-refractivity contribution in [3.05, 3.63) is 48.7 Å². The summed E-state index contributed by atoms with van der Waals surface area (Å²) in [4.78, 5) is 4.50. The van der Waals surface area contributed by atoms with Crippen LogP contribution in [0.5, 0.6) is 5.75 Å². The summed E-state index contributed by atoms with van der Waals surface area (Å²) in [5.74, 6) is 1.50. The van der Waals surface area contributed by atoms with Crippen LogP contribution in [0.2, 0.25) is 0 Å². The summed E-state index contributed by atoms with van der Waals surface area (Å²) in [5, 5.41) is 10.8. The van der Waals surface area contributed by atoms with Gasteiger partial charge in [0.05, 0.1) is 12.3 Å². The van der Waals surface area contributed by atoms with Crippen molar-refractivity contribution >= 4 is 10.9 Å². The van der Waals surface area contributed by atoms with Crippen LogP contribution < -0.4 is 4.74 Å². The molecule has 1 unspecified atom stereocenters. The molecule has 0 bridgehead atoms. The summed E-state index contributed by atoms with van der Waals surface area (Å²) in [6, 6.07) is 9.67. The predicted molar refractivity (Wildman–Crippen MR) is 75.1 cm³/mol. The van der Waals surface area contributed by atoms with E-state index in [1.54, 1.807) is 0 Å². The third-order valence-electron chi connectivity index (χ3n) is 3.40. The van der Waals surface area contributed by atoms with E-state index in [4.69, 9.17) is 4.74 Å². The first-order chi connectivity index (χ1) is 9.28. The van der Waals surface area contributed by atoms with Crippen molar-refractivity contribution in [3.63, 3.8) is 0 Å². The zero-order valence-corrected chi connectivity index (χ0v) is 10.7. The quantitative estimate of drug-likeness (QED) is 0.834. The molecule has 0 radical (unpaired) electrons. The predicted octanol–water partition coefficient (Wildman–Crippen LogP) is 3.24. The largest absolute Gasteiger partial charge is 0.491 e. The number of hydrogen-bond acceptors (Lipinski definition) is 3. The average Bonchev–Trinajstić information content (AvgIpc) is 3.27. The van der Waals surface area contributed by atoms with E-state index in [1.807, 2.05) is 30.3 Å². The smallest absolute Gasteiger partial charge is 0.145 e. The molecule has 2 aromatic rings. The molecule has 1 aliphatic carbocycles. The van der Waals surface area contributed by atoms with Crippen LogP contribution in [-0.4, -0.2) is 16.7 Å². The van der Waals surface area contributed by atoms with E-state index in [-0.39, 0.29) is 0 Å². The number of hydrogen-bond donors (Lipinski definition) is 1. The molecule has 1 heterocycles. The fourth-order valence-corrected chi connectivity index (χ4v) is 2.03. The number of rotatable bonds is 5. The minimum absolute atomic E-state index is 0.602. The fraction of sp³-hybridized carbons (Fsp3) is 0.312. The van der Waals surface area contributed by atoms with E-state index < -0.39 is 6.10 Å². The Balaban J connectivity index is 1.97. The van der Waals surface area contributed by atoms with Gasteiger partial charge in [-0.25, -0.2) is 4.98 Å². The van der Waals surface area contributed by atoms with Crippen LogP contribution in [0.3, 0.4) is 0 Å². The Labute approximate surface area is 112 Å². The molecule has 1 N–H and O–H groups in total. The highest BCUT2D eigenvalue weighted by Crippen LogP contribution is 2.31. The molecule has 0 saturated heterocycles. The molecule has 3 nitrogen and oxygen atoms in total. The summed E-state index contributed by atoms with van der Waals surface area (Å²) < 4.78 is 5.84. The lowest BCUT2D eigenvalue weighted by atomic mass is 10.1. The number of benzene rings is 1. The molecule has 1 aliphatic rings. The van der Waals surface area contributed by atoms with Crippen LogP contribution in [0.1, 0.15) is 24.6 Å². The first-order valence-electron chi connectivity index (χ1n) is 6.61. The Kier molecular flexibility index (Phi) is 3.22. The van der Waals surface area contributed by atoms with Crippen molar-refractivity contribution < 1.29 is 9.84 Å². The maximum Gasteiger partial charge on any atom is 0.145 e. The van der Waals surface area contributed by atoms with Crippen LogP contribution in [0.25, 0.3) is 10.9 Å². The van der Waals surface area contributed by atoms with Crippen LogP contribution in [0, 0.1) is 5.92 Å². The van der Waals surface area contributed by atoms with Gasteiger partial charge >= 0.3 is 0 Å². The third kappa shape index (κ3) is 2.61. The molecule has 0 spiro atoms. The molecule has 1 saturated carbocycles. The number of nitrogens with zero attached hydrogens (tertiary/aromatic N) is 1. The topological polar surface area (TPSA) is 42.4 Å². The lowest BCUT2D eigenvalue weighted by Crippen LogP contribution is -2.02. The van der Waals surface area contributed by atoms with Gasteiger partial charge in [-0.05, 0) is 30.9 Å². The summed E-state index contributed by atoms with van der Waals surface area (Å²) >= 11 is 0. The van der Waals surface area contributed by atoms with Crippen molar-refractivity contribution in [1.82, 2.24) is 4.98 Å². The minimum atomic E-state index is -0.735. The van der Waals surface area contributed by atoms with Gasteiger partial charge < -0.3 is 9.84 Å². The molecule has 98 valence electrons. The molecule has 0 amide bonds. The van der Waals surface area contributed by atoms with Crippen molar-refractivity contribution in [2.45, 2.75) is 18.9 Å². The fourth-order valence-electron chi connectivity index (χ4n) is 2.03. The maximum atomic E-state index is 9.79. The zero-order valence-electron chi connectivity index (χ0n) is 10.7.